The molecule has 1 aliphatic heterocycles. The van der Waals surface area contributed by atoms with E-state index in [1.54, 1.807) is 25.1 Å². The minimum atomic E-state index is -0.392. The number of amides is 2. The number of thioether (sulfide) groups is 1. The van der Waals surface area contributed by atoms with Crippen LogP contribution in [0.5, 0.6) is 0 Å². The van der Waals surface area contributed by atoms with Crippen molar-refractivity contribution in [3.05, 3.63) is 23.2 Å². The highest BCUT2D eigenvalue weighted by molar-refractivity contribution is 8.00. The van der Waals surface area contributed by atoms with Gasteiger partial charge in [0.1, 0.15) is 0 Å². The molecule has 0 bridgehead atoms. The first-order chi connectivity index (χ1) is 8.52. The second kappa shape index (κ2) is 5.20. The number of nitrogens with two attached hydrogens (primary N) is 1. The van der Waals surface area contributed by atoms with Crippen molar-refractivity contribution in [2.75, 3.05) is 12.3 Å². The fraction of sp³-hybridized carbons (Fsp3) is 0.333. The van der Waals surface area contributed by atoms with Crippen LogP contribution in [-0.4, -0.2) is 28.5 Å². The molecule has 1 atom stereocenters. The first kappa shape index (κ1) is 13.2. The molecule has 6 heteroatoms. The molecule has 0 spiro atoms. The molecular formula is C12H13ClN2O2S. The molecule has 2 rings (SSSR count). The zero-order valence-corrected chi connectivity index (χ0v) is 11.4. The van der Waals surface area contributed by atoms with E-state index < -0.39 is 5.25 Å². The Kier molecular flexibility index (Phi) is 3.82. The Hall–Kier alpha value is -1.20. The summed E-state index contributed by atoms with van der Waals surface area (Å²) in [5.41, 5.74) is 6.27. The monoisotopic (exact) mass is 284 g/mol. The van der Waals surface area contributed by atoms with E-state index in [1.165, 1.54) is 16.7 Å². The summed E-state index contributed by atoms with van der Waals surface area (Å²) in [7, 11) is 0. The Balaban J connectivity index is 2.18. The van der Waals surface area contributed by atoms with Crippen molar-refractivity contribution < 1.29 is 9.59 Å². The summed E-state index contributed by atoms with van der Waals surface area (Å²) in [5.74, 6) is -0.272. The third-order valence-electron chi connectivity index (χ3n) is 2.74. The van der Waals surface area contributed by atoms with Crippen molar-refractivity contribution in [3.63, 3.8) is 0 Å². The predicted octanol–water partition coefficient (Wildman–Crippen LogP) is 2.16. The van der Waals surface area contributed by atoms with Gasteiger partial charge in [-0.2, -0.15) is 0 Å². The molecule has 0 aromatic heterocycles. The largest absolute Gasteiger partial charge is 0.399 e. The molecule has 2 N–H and O–H groups in total. The summed E-state index contributed by atoms with van der Waals surface area (Å²) in [4.78, 5) is 25.6. The number of carbonyl (C=O) groups excluding carboxylic acids is 2. The maximum absolute atomic E-state index is 12.0. The molecule has 0 radical (unpaired) electrons. The Bertz CT molecular complexity index is 507. The quantitative estimate of drug-likeness (QED) is 0.682. The van der Waals surface area contributed by atoms with Crippen LogP contribution >= 0.6 is 23.4 Å². The summed E-state index contributed by atoms with van der Waals surface area (Å²) in [6.07, 6.45) is 0.225. The Morgan fingerprint density at radius 2 is 2.22 bits per heavy atom. The minimum Gasteiger partial charge on any atom is -0.399 e. The number of benzene rings is 1. The smallest absolute Gasteiger partial charge is 0.243 e. The van der Waals surface area contributed by atoms with E-state index in [9.17, 15) is 9.59 Å². The van der Waals surface area contributed by atoms with Gasteiger partial charge in [-0.05, 0) is 25.1 Å². The van der Waals surface area contributed by atoms with Crippen LogP contribution in [0.15, 0.2) is 23.1 Å². The molecule has 2 amide bonds. The van der Waals surface area contributed by atoms with E-state index in [0.717, 1.165) is 4.90 Å². The molecule has 1 aromatic rings. The van der Waals surface area contributed by atoms with Gasteiger partial charge in [0.05, 0.1) is 10.3 Å². The van der Waals surface area contributed by atoms with Crippen molar-refractivity contribution in [1.82, 2.24) is 4.90 Å². The van der Waals surface area contributed by atoms with E-state index in [-0.39, 0.29) is 18.2 Å². The Morgan fingerprint density at radius 1 is 1.50 bits per heavy atom. The van der Waals surface area contributed by atoms with Gasteiger partial charge >= 0.3 is 0 Å². The van der Waals surface area contributed by atoms with Gasteiger partial charge in [0.25, 0.3) is 0 Å². The number of halogens is 1. The number of anilines is 1. The molecule has 1 fully saturated rings. The topological polar surface area (TPSA) is 63.4 Å². The normalized spacial score (nSPS) is 19.7. The predicted molar refractivity (Wildman–Crippen MR) is 72.5 cm³/mol. The van der Waals surface area contributed by atoms with Gasteiger partial charge < -0.3 is 5.73 Å². The van der Waals surface area contributed by atoms with Crippen molar-refractivity contribution >= 4 is 40.9 Å². The first-order valence-corrected chi connectivity index (χ1v) is 6.84. The van der Waals surface area contributed by atoms with Gasteiger partial charge in [0.2, 0.25) is 11.8 Å². The van der Waals surface area contributed by atoms with Crippen LogP contribution in [0.3, 0.4) is 0 Å². The van der Waals surface area contributed by atoms with Gasteiger partial charge in [-0.1, -0.05) is 11.6 Å². The molecular weight excluding hydrogens is 272 g/mol. The van der Waals surface area contributed by atoms with Crippen LogP contribution in [0.4, 0.5) is 5.69 Å². The first-order valence-electron chi connectivity index (χ1n) is 5.58. The van der Waals surface area contributed by atoms with Crippen LogP contribution in [0.25, 0.3) is 0 Å². The van der Waals surface area contributed by atoms with Crippen molar-refractivity contribution in [1.29, 1.82) is 0 Å². The molecule has 1 aromatic carbocycles. The average Bonchev–Trinajstić information content (AvgIpc) is 2.59. The lowest BCUT2D eigenvalue weighted by Gasteiger charge is -2.12. The molecule has 4 nitrogen and oxygen atoms in total. The molecule has 18 heavy (non-hydrogen) atoms. The van der Waals surface area contributed by atoms with Gasteiger partial charge in [0, 0.05) is 23.5 Å². The summed E-state index contributed by atoms with van der Waals surface area (Å²) in [6.45, 7) is 2.20. The molecule has 1 unspecified atom stereocenters. The van der Waals surface area contributed by atoms with Gasteiger partial charge in [-0.3, -0.25) is 14.5 Å². The molecule has 1 saturated heterocycles. The second-order valence-electron chi connectivity index (χ2n) is 3.98. The van der Waals surface area contributed by atoms with Crippen LogP contribution in [-0.2, 0) is 9.59 Å². The van der Waals surface area contributed by atoms with E-state index >= 15 is 0 Å². The van der Waals surface area contributed by atoms with Gasteiger partial charge in [0.15, 0.2) is 0 Å². The number of likely N-dealkylation sites (tertiary alicyclic amines) is 1. The lowest BCUT2D eigenvalue weighted by Crippen LogP contribution is -2.30. The molecule has 96 valence electrons. The number of carbonyl (C=O) groups is 2. The highest BCUT2D eigenvalue weighted by Crippen LogP contribution is 2.36. The van der Waals surface area contributed by atoms with Crippen molar-refractivity contribution in [2.45, 2.75) is 23.5 Å². The highest BCUT2D eigenvalue weighted by Gasteiger charge is 2.38. The summed E-state index contributed by atoms with van der Waals surface area (Å²) >= 11 is 7.34. The molecule has 1 aliphatic rings. The number of nitrogen functional groups attached to an aromatic ring is 1. The summed E-state index contributed by atoms with van der Waals surface area (Å²) < 4.78 is 0. The number of nitrogens with zero attached hydrogens (tertiary/aromatic N) is 1. The molecule has 0 aliphatic carbocycles. The van der Waals surface area contributed by atoms with Crippen LogP contribution in [0, 0.1) is 0 Å². The molecule has 0 saturated carbocycles. The molecule has 1 heterocycles. The standard InChI is InChI=1S/C12H13ClN2O2S/c1-2-15-11(16)6-10(12(15)17)18-9-5-7(14)3-4-8(9)13/h3-5,10H,2,6,14H2,1H3. The lowest BCUT2D eigenvalue weighted by atomic mass is 10.3. The third kappa shape index (κ3) is 2.47. The number of hydrogen-bond acceptors (Lipinski definition) is 4. The van der Waals surface area contributed by atoms with Crippen molar-refractivity contribution in [2.24, 2.45) is 0 Å². The Morgan fingerprint density at radius 3 is 2.83 bits per heavy atom. The van der Waals surface area contributed by atoms with Crippen molar-refractivity contribution in [3.8, 4) is 0 Å². The maximum Gasteiger partial charge on any atom is 0.243 e. The Labute approximate surface area is 114 Å². The van der Waals surface area contributed by atoms with Crippen LogP contribution in [0.2, 0.25) is 5.02 Å². The number of imide groups is 1. The fourth-order valence-corrected chi connectivity index (χ4v) is 3.24. The fourth-order valence-electron chi connectivity index (χ4n) is 1.84. The van der Waals surface area contributed by atoms with E-state index in [2.05, 4.69) is 0 Å². The highest BCUT2D eigenvalue weighted by atomic mass is 35.5. The third-order valence-corrected chi connectivity index (χ3v) is 4.43. The lowest BCUT2D eigenvalue weighted by molar-refractivity contribution is -0.137. The summed E-state index contributed by atoms with van der Waals surface area (Å²) in [5, 5.41) is 0.154. The number of rotatable bonds is 3. The summed E-state index contributed by atoms with van der Waals surface area (Å²) in [6, 6.07) is 5.11. The zero-order valence-electron chi connectivity index (χ0n) is 9.85. The maximum atomic E-state index is 12.0. The zero-order chi connectivity index (χ0) is 13.3. The van der Waals surface area contributed by atoms with Gasteiger partial charge in [-0.25, -0.2) is 0 Å². The van der Waals surface area contributed by atoms with Crippen LogP contribution < -0.4 is 5.73 Å². The minimum absolute atomic E-state index is 0.125. The van der Waals surface area contributed by atoms with Crippen LogP contribution in [0.1, 0.15) is 13.3 Å². The number of hydrogen-bond donors (Lipinski definition) is 1. The van der Waals surface area contributed by atoms with E-state index in [1.807, 2.05) is 0 Å². The second-order valence-corrected chi connectivity index (χ2v) is 5.63. The van der Waals surface area contributed by atoms with E-state index in [4.69, 9.17) is 17.3 Å². The average molecular weight is 285 g/mol. The van der Waals surface area contributed by atoms with E-state index in [0.29, 0.717) is 17.3 Å². The SMILES string of the molecule is CCN1C(=O)CC(Sc2cc(N)ccc2Cl)C1=O. The van der Waals surface area contributed by atoms with Gasteiger partial charge in [-0.15, -0.1) is 11.8 Å².